The van der Waals surface area contributed by atoms with Gasteiger partial charge in [-0.1, -0.05) is 46.5 Å². The van der Waals surface area contributed by atoms with Crippen molar-refractivity contribution in [3.05, 3.63) is 0 Å². The first-order chi connectivity index (χ1) is 8.96. The van der Waals surface area contributed by atoms with Gasteiger partial charge in [-0.2, -0.15) is 0 Å². The van der Waals surface area contributed by atoms with Crippen molar-refractivity contribution >= 4 is 0 Å². The van der Waals surface area contributed by atoms with Crippen molar-refractivity contribution in [1.82, 2.24) is 0 Å². The maximum atomic E-state index is 9.37. The van der Waals surface area contributed by atoms with Crippen molar-refractivity contribution in [2.24, 2.45) is 5.92 Å². The zero-order chi connectivity index (χ0) is 15.1. The highest BCUT2D eigenvalue weighted by molar-refractivity contribution is 4.69. The van der Waals surface area contributed by atoms with Crippen LogP contribution in [0.15, 0.2) is 0 Å². The van der Waals surface area contributed by atoms with E-state index >= 15 is 0 Å². The van der Waals surface area contributed by atoms with Gasteiger partial charge in [0.2, 0.25) is 0 Å². The zero-order valence-corrected chi connectivity index (χ0v) is 12.9. The molecule has 0 saturated heterocycles. The summed E-state index contributed by atoms with van der Waals surface area (Å²) in [5, 5.41) is 35.4. The Bertz CT molecular complexity index is 166. The van der Waals surface area contributed by atoms with Gasteiger partial charge >= 0.3 is 0 Å². The van der Waals surface area contributed by atoms with E-state index in [0.717, 1.165) is 44.9 Å². The van der Waals surface area contributed by atoms with Gasteiger partial charge in [0.1, 0.15) is 0 Å². The van der Waals surface area contributed by atoms with Crippen LogP contribution in [0.25, 0.3) is 0 Å². The summed E-state index contributed by atoms with van der Waals surface area (Å²) in [7, 11) is 0. The van der Waals surface area contributed by atoms with Crippen LogP contribution < -0.4 is 0 Å². The molecule has 19 heavy (non-hydrogen) atoms. The van der Waals surface area contributed by atoms with E-state index in [2.05, 4.69) is 6.92 Å². The molecule has 0 rings (SSSR count). The Morgan fingerprint density at radius 2 is 1.32 bits per heavy atom. The Kier molecular flexibility index (Phi) is 15.9. The van der Waals surface area contributed by atoms with Crippen LogP contribution in [0.1, 0.15) is 72.1 Å². The third kappa shape index (κ3) is 14.1. The third-order valence-electron chi connectivity index (χ3n) is 3.37. The van der Waals surface area contributed by atoms with Gasteiger partial charge in [0, 0.05) is 19.1 Å². The molecule has 0 bridgehead atoms. The zero-order valence-electron chi connectivity index (χ0n) is 12.9. The highest BCUT2D eigenvalue weighted by Crippen LogP contribution is 2.22. The van der Waals surface area contributed by atoms with Gasteiger partial charge in [-0.05, 0) is 25.7 Å². The summed E-state index contributed by atoms with van der Waals surface area (Å²) in [4.78, 5) is 0. The van der Waals surface area contributed by atoms with Crippen LogP contribution in [-0.2, 0) is 0 Å². The number of rotatable bonds is 10. The average molecular weight is 278 g/mol. The maximum absolute atomic E-state index is 9.37. The number of aliphatic hydroxyl groups is 4. The fourth-order valence-corrected chi connectivity index (χ4v) is 1.67. The average Bonchev–Trinajstić information content (AvgIpc) is 2.41. The SMILES string of the molecule is CCCCC(C)C(O)(O)CC.OCCCCCCO. The van der Waals surface area contributed by atoms with Crippen molar-refractivity contribution < 1.29 is 20.4 Å². The molecule has 1 atom stereocenters. The van der Waals surface area contributed by atoms with E-state index in [9.17, 15) is 10.2 Å². The summed E-state index contributed by atoms with van der Waals surface area (Å²) >= 11 is 0. The van der Waals surface area contributed by atoms with Crippen molar-refractivity contribution in [1.29, 1.82) is 0 Å². The smallest absolute Gasteiger partial charge is 0.164 e. The molecule has 0 amide bonds. The first-order valence-corrected chi connectivity index (χ1v) is 7.62. The third-order valence-corrected chi connectivity index (χ3v) is 3.37. The van der Waals surface area contributed by atoms with Crippen LogP contribution in [0.2, 0.25) is 0 Å². The lowest BCUT2D eigenvalue weighted by Crippen LogP contribution is -2.35. The number of hydrogen-bond acceptors (Lipinski definition) is 4. The monoisotopic (exact) mass is 278 g/mol. The molecule has 4 nitrogen and oxygen atoms in total. The van der Waals surface area contributed by atoms with Crippen LogP contribution in [0.4, 0.5) is 0 Å². The molecule has 0 aliphatic rings. The van der Waals surface area contributed by atoms with E-state index in [0.29, 0.717) is 6.42 Å². The molecule has 0 aliphatic carbocycles. The Balaban J connectivity index is 0. The molecular formula is C15H34O4. The molecule has 0 aliphatic heterocycles. The minimum absolute atomic E-state index is 0.00699. The number of aliphatic hydroxyl groups excluding tert-OH is 2. The second-order valence-electron chi connectivity index (χ2n) is 5.14. The Morgan fingerprint density at radius 3 is 1.63 bits per heavy atom. The molecule has 0 spiro atoms. The Hall–Kier alpha value is -0.160. The first-order valence-electron chi connectivity index (χ1n) is 7.62. The van der Waals surface area contributed by atoms with Gasteiger partial charge in [0.15, 0.2) is 5.79 Å². The molecule has 0 aromatic heterocycles. The Labute approximate surface area is 118 Å². The van der Waals surface area contributed by atoms with Gasteiger partial charge in [0.25, 0.3) is 0 Å². The number of hydrogen-bond donors (Lipinski definition) is 4. The summed E-state index contributed by atoms with van der Waals surface area (Å²) in [5.41, 5.74) is 0. The van der Waals surface area contributed by atoms with Gasteiger partial charge in [0.05, 0.1) is 0 Å². The topological polar surface area (TPSA) is 80.9 Å². The van der Waals surface area contributed by atoms with Gasteiger partial charge < -0.3 is 20.4 Å². The van der Waals surface area contributed by atoms with Crippen LogP contribution >= 0.6 is 0 Å². The van der Waals surface area contributed by atoms with Crippen LogP contribution in [0.5, 0.6) is 0 Å². The van der Waals surface area contributed by atoms with Crippen molar-refractivity contribution in [2.45, 2.75) is 77.9 Å². The molecule has 118 valence electrons. The van der Waals surface area contributed by atoms with Gasteiger partial charge in [-0.15, -0.1) is 0 Å². The van der Waals surface area contributed by atoms with E-state index in [1.807, 2.05) is 6.92 Å². The molecule has 4 N–H and O–H groups in total. The maximum Gasteiger partial charge on any atom is 0.164 e. The lowest BCUT2D eigenvalue weighted by molar-refractivity contribution is -0.199. The van der Waals surface area contributed by atoms with Gasteiger partial charge in [-0.25, -0.2) is 0 Å². The molecule has 0 fully saturated rings. The molecule has 0 aromatic rings. The molecular weight excluding hydrogens is 244 g/mol. The second kappa shape index (κ2) is 14.3. The summed E-state index contributed by atoms with van der Waals surface area (Å²) < 4.78 is 0. The predicted molar refractivity (Wildman–Crippen MR) is 78.8 cm³/mol. The van der Waals surface area contributed by atoms with E-state index in [1.165, 1.54) is 0 Å². The van der Waals surface area contributed by atoms with Crippen molar-refractivity contribution in [2.75, 3.05) is 13.2 Å². The van der Waals surface area contributed by atoms with Gasteiger partial charge in [-0.3, -0.25) is 0 Å². The number of unbranched alkanes of at least 4 members (excludes halogenated alkanes) is 4. The van der Waals surface area contributed by atoms with Crippen molar-refractivity contribution in [3.63, 3.8) is 0 Å². The lowest BCUT2D eigenvalue weighted by Gasteiger charge is -2.27. The predicted octanol–water partition coefficient (Wildman–Crippen LogP) is 2.44. The normalized spacial score (nSPS) is 12.8. The minimum Gasteiger partial charge on any atom is -0.396 e. The quantitative estimate of drug-likeness (QED) is 0.365. The highest BCUT2D eigenvalue weighted by Gasteiger charge is 2.27. The van der Waals surface area contributed by atoms with Crippen molar-refractivity contribution in [3.8, 4) is 0 Å². The molecule has 4 heteroatoms. The van der Waals surface area contributed by atoms with E-state index in [-0.39, 0.29) is 19.1 Å². The Morgan fingerprint density at radius 1 is 0.842 bits per heavy atom. The fourth-order valence-electron chi connectivity index (χ4n) is 1.67. The largest absolute Gasteiger partial charge is 0.396 e. The van der Waals surface area contributed by atoms with E-state index < -0.39 is 5.79 Å². The summed E-state index contributed by atoms with van der Waals surface area (Å²) in [5.74, 6) is -1.46. The molecule has 0 aromatic carbocycles. The molecule has 1 unspecified atom stereocenters. The van der Waals surface area contributed by atoms with E-state index in [4.69, 9.17) is 10.2 Å². The standard InChI is InChI=1S/C9H20O2.C6H14O2/c1-4-6-7-8(3)9(10,11)5-2;7-5-3-1-2-4-6-8/h8,10-11H,4-7H2,1-3H3;7-8H,1-6H2. The summed E-state index contributed by atoms with van der Waals surface area (Å²) in [6.07, 6.45) is 7.33. The minimum atomic E-state index is -1.45. The molecule has 0 radical (unpaired) electrons. The van der Waals surface area contributed by atoms with Crippen LogP contribution in [0, 0.1) is 5.92 Å². The molecule has 0 heterocycles. The van der Waals surface area contributed by atoms with Crippen LogP contribution in [0.3, 0.4) is 0 Å². The fraction of sp³-hybridized carbons (Fsp3) is 1.00. The highest BCUT2D eigenvalue weighted by atomic mass is 16.5. The van der Waals surface area contributed by atoms with Crippen LogP contribution in [-0.4, -0.2) is 39.4 Å². The van der Waals surface area contributed by atoms with E-state index in [1.54, 1.807) is 6.92 Å². The second-order valence-corrected chi connectivity index (χ2v) is 5.14. The summed E-state index contributed by atoms with van der Waals surface area (Å²) in [6.45, 7) is 6.35. The first kappa shape index (κ1) is 21.1. The molecule has 0 saturated carbocycles. The summed E-state index contributed by atoms with van der Waals surface area (Å²) in [6, 6.07) is 0. The lowest BCUT2D eigenvalue weighted by atomic mass is 9.93.